The van der Waals surface area contributed by atoms with Crippen LogP contribution in [0.4, 0.5) is 0 Å². The number of carbonyl (C=O) groups is 2. The van der Waals surface area contributed by atoms with Crippen LogP contribution in [0.3, 0.4) is 0 Å². The highest BCUT2D eigenvalue weighted by Crippen LogP contribution is 2.23. The van der Waals surface area contributed by atoms with Gasteiger partial charge in [0.15, 0.2) is 5.76 Å². The van der Waals surface area contributed by atoms with E-state index in [2.05, 4.69) is 0 Å². The summed E-state index contributed by atoms with van der Waals surface area (Å²) in [5, 5.41) is 8.73. The first-order chi connectivity index (χ1) is 8.68. The third kappa shape index (κ3) is 2.91. The van der Waals surface area contributed by atoms with Gasteiger partial charge in [0.2, 0.25) is 0 Å². The number of piperidine rings is 1. The molecule has 1 fully saturated rings. The average Bonchev–Trinajstić information content (AvgIpc) is 2.89. The molecule has 1 aliphatic rings. The van der Waals surface area contributed by atoms with Crippen molar-refractivity contribution >= 4 is 11.9 Å². The van der Waals surface area contributed by atoms with Gasteiger partial charge in [-0.15, -0.1) is 0 Å². The molecule has 2 heterocycles. The molecule has 5 heteroatoms. The minimum atomic E-state index is -0.814. The second kappa shape index (κ2) is 5.71. The van der Waals surface area contributed by atoms with E-state index in [1.54, 1.807) is 17.0 Å². The third-order valence-electron chi connectivity index (χ3n) is 3.31. The summed E-state index contributed by atoms with van der Waals surface area (Å²) < 4.78 is 5.11. The maximum absolute atomic E-state index is 12.2. The van der Waals surface area contributed by atoms with Gasteiger partial charge in [-0.2, -0.15) is 0 Å². The Balaban J connectivity index is 2.03. The monoisotopic (exact) mass is 251 g/mol. The molecule has 1 saturated heterocycles. The fourth-order valence-electron chi connectivity index (χ4n) is 2.40. The molecule has 1 aromatic heterocycles. The van der Waals surface area contributed by atoms with E-state index in [1.165, 1.54) is 6.26 Å². The van der Waals surface area contributed by atoms with E-state index in [4.69, 9.17) is 9.52 Å². The average molecular weight is 251 g/mol. The molecule has 2 rings (SSSR count). The second-order valence-electron chi connectivity index (χ2n) is 4.56. The Morgan fingerprint density at radius 1 is 1.44 bits per heavy atom. The number of amides is 1. The van der Waals surface area contributed by atoms with Crippen molar-refractivity contribution < 1.29 is 19.1 Å². The van der Waals surface area contributed by atoms with Crippen LogP contribution in [0.25, 0.3) is 0 Å². The molecule has 18 heavy (non-hydrogen) atoms. The van der Waals surface area contributed by atoms with Crippen LogP contribution < -0.4 is 0 Å². The lowest BCUT2D eigenvalue weighted by molar-refractivity contribution is -0.137. The summed E-state index contributed by atoms with van der Waals surface area (Å²) in [4.78, 5) is 24.6. The normalized spacial score (nSPS) is 19.8. The molecule has 0 spiro atoms. The van der Waals surface area contributed by atoms with Gasteiger partial charge in [0.1, 0.15) is 0 Å². The Bertz CT molecular complexity index is 413. The van der Waals surface area contributed by atoms with Crippen LogP contribution in [0.5, 0.6) is 0 Å². The van der Waals surface area contributed by atoms with Crippen LogP contribution in [0, 0.1) is 0 Å². The van der Waals surface area contributed by atoms with Gasteiger partial charge in [0.25, 0.3) is 5.91 Å². The van der Waals surface area contributed by atoms with Crippen LogP contribution in [0.1, 0.15) is 42.7 Å². The fourth-order valence-corrected chi connectivity index (χ4v) is 2.40. The van der Waals surface area contributed by atoms with Crippen molar-refractivity contribution in [2.45, 2.75) is 38.1 Å². The summed E-state index contributed by atoms with van der Waals surface area (Å²) >= 11 is 0. The van der Waals surface area contributed by atoms with E-state index in [0.717, 1.165) is 19.3 Å². The predicted octanol–water partition coefficient (Wildman–Crippen LogP) is 2.14. The predicted molar refractivity (Wildman–Crippen MR) is 64.3 cm³/mol. The number of nitrogens with zero attached hydrogens (tertiary/aromatic N) is 1. The van der Waals surface area contributed by atoms with Crippen molar-refractivity contribution in [3.05, 3.63) is 24.2 Å². The molecule has 1 atom stereocenters. The summed E-state index contributed by atoms with van der Waals surface area (Å²) in [6, 6.07) is 3.35. The molecule has 0 saturated carbocycles. The Kier molecular flexibility index (Phi) is 4.02. The lowest BCUT2D eigenvalue weighted by Crippen LogP contribution is -2.43. The SMILES string of the molecule is O=C(O)CC[C@@H]1CCCCN1C(=O)c1ccco1. The zero-order chi connectivity index (χ0) is 13.0. The van der Waals surface area contributed by atoms with Crippen molar-refractivity contribution in [1.29, 1.82) is 0 Å². The number of aliphatic carboxylic acids is 1. The summed E-state index contributed by atoms with van der Waals surface area (Å²) in [5.41, 5.74) is 0. The minimum Gasteiger partial charge on any atom is -0.481 e. The van der Waals surface area contributed by atoms with E-state index in [1.807, 2.05) is 0 Å². The lowest BCUT2D eigenvalue weighted by Gasteiger charge is -2.35. The Morgan fingerprint density at radius 2 is 2.28 bits per heavy atom. The molecule has 0 radical (unpaired) electrons. The number of carboxylic acids is 1. The van der Waals surface area contributed by atoms with Gasteiger partial charge >= 0.3 is 5.97 Å². The molecule has 98 valence electrons. The van der Waals surface area contributed by atoms with Gasteiger partial charge in [-0.1, -0.05) is 0 Å². The summed E-state index contributed by atoms with van der Waals surface area (Å²) in [6.45, 7) is 0.684. The molecular weight excluding hydrogens is 234 g/mol. The van der Waals surface area contributed by atoms with E-state index < -0.39 is 5.97 Å². The summed E-state index contributed by atoms with van der Waals surface area (Å²) in [6.07, 6.45) is 4.99. The smallest absolute Gasteiger partial charge is 0.303 e. The molecule has 0 aliphatic carbocycles. The lowest BCUT2D eigenvalue weighted by atomic mass is 9.97. The molecule has 1 N–H and O–H groups in total. The van der Waals surface area contributed by atoms with Crippen LogP contribution in [-0.2, 0) is 4.79 Å². The van der Waals surface area contributed by atoms with E-state index in [9.17, 15) is 9.59 Å². The molecule has 0 aromatic carbocycles. The standard InChI is InChI=1S/C13H17NO4/c15-12(16)7-6-10-4-1-2-8-14(10)13(17)11-5-3-9-18-11/h3,5,9-10H,1-2,4,6-8H2,(H,15,16)/t10-/m0/s1. The van der Waals surface area contributed by atoms with Crippen LogP contribution in [0.2, 0.25) is 0 Å². The quantitative estimate of drug-likeness (QED) is 0.890. The molecule has 1 aliphatic heterocycles. The van der Waals surface area contributed by atoms with Crippen molar-refractivity contribution in [3.63, 3.8) is 0 Å². The molecule has 0 bridgehead atoms. The van der Waals surface area contributed by atoms with E-state index >= 15 is 0 Å². The highest BCUT2D eigenvalue weighted by atomic mass is 16.4. The summed E-state index contributed by atoms with van der Waals surface area (Å²) in [7, 11) is 0. The first kappa shape index (κ1) is 12.7. The van der Waals surface area contributed by atoms with Crippen molar-refractivity contribution in [3.8, 4) is 0 Å². The fraction of sp³-hybridized carbons (Fsp3) is 0.538. The zero-order valence-corrected chi connectivity index (χ0v) is 10.2. The minimum absolute atomic E-state index is 0.0208. The second-order valence-corrected chi connectivity index (χ2v) is 4.56. The Labute approximate surface area is 105 Å². The van der Waals surface area contributed by atoms with Crippen LogP contribution in [-0.4, -0.2) is 34.5 Å². The van der Waals surface area contributed by atoms with Gasteiger partial charge in [-0.25, -0.2) is 0 Å². The number of hydrogen-bond acceptors (Lipinski definition) is 3. The third-order valence-corrected chi connectivity index (χ3v) is 3.31. The van der Waals surface area contributed by atoms with Gasteiger partial charge < -0.3 is 14.4 Å². The van der Waals surface area contributed by atoms with Gasteiger partial charge in [0.05, 0.1) is 6.26 Å². The molecular formula is C13H17NO4. The first-order valence-electron chi connectivity index (χ1n) is 6.25. The number of likely N-dealkylation sites (tertiary alicyclic amines) is 1. The topological polar surface area (TPSA) is 70.8 Å². The van der Waals surface area contributed by atoms with E-state index in [0.29, 0.717) is 18.7 Å². The molecule has 1 amide bonds. The van der Waals surface area contributed by atoms with Crippen LogP contribution >= 0.6 is 0 Å². The molecule has 5 nitrogen and oxygen atoms in total. The van der Waals surface area contributed by atoms with E-state index in [-0.39, 0.29) is 18.4 Å². The number of carbonyl (C=O) groups excluding carboxylic acids is 1. The molecule has 0 unspecified atom stereocenters. The zero-order valence-electron chi connectivity index (χ0n) is 10.2. The first-order valence-corrected chi connectivity index (χ1v) is 6.25. The number of rotatable bonds is 4. The highest BCUT2D eigenvalue weighted by molar-refractivity contribution is 5.91. The Hall–Kier alpha value is -1.78. The number of hydrogen-bond donors (Lipinski definition) is 1. The van der Waals surface area contributed by atoms with Crippen molar-refractivity contribution in [1.82, 2.24) is 4.90 Å². The van der Waals surface area contributed by atoms with Crippen molar-refractivity contribution in [2.24, 2.45) is 0 Å². The largest absolute Gasteiger partial charge is 0.481 e. The maximum atomic E-state index is 12.2. The van der Waals surface area contributed by atoms with Gasteiger partial charge in [0, 0.05) is 19.0 Å². The van der Waals surface area contributed by atoms with Gasteiger partial charge in [-0.3, -0.25) is 9.59 Å². The number of carboxylic acid groups (broad SMARTS) is 1. The Morgan fingerprint density at radius 3 is 2.94 bits per heavy atom. The number of furan rings is 1. The molecule has 1 aromatic rings. The van der Waals surface area contributed by atoms with Crippen molar-refractivity contribution in [2.75, 3.05) is 6.54 Å². The maximum Gasteiger partial charge on any atom is 0.303 e. The summed E-state index contributed by atoms with van der Waals surface area (Å²) in [5.74, 6) is -0.613. The van der Waals surface area contributed by atoms with Gasteiger partial charge in [-0.05, 0) is 37.8 Å². The van der Waals surface area contributed by atoms with Crippen LogP contribution in [0.15, 0.2) is 22.8 Å². The highest BCUT2D eigenvalue weighted by Gasteiger charge is 2.28.